The van der Waals surface area contributed by atoms with Crippen molar-refractivity contribution in [3.05, 3.63) is 30.5 Å². The number of hydrogen-bond acceptors (Lipinski definition) is 3. The number of rotatable bonds is 1. The van der Waals surface area contributed by atoms with Gasteiger partial charge in [0.2, 0.25) is 0 Å². The third-order valence-electron chi connectivity index (χ3n) is 3.65. The fourth-order valence-corrected chi connectivity index (χ4v) is 2.26. The van der Waals surface area contributed by atoms with Crippen LogP contribution < -0.4 is 10.6 Å². The number of hydrogen-bond donors (Lipinski definition) is 2. The van der Waals surface area contributed by atoms with Crippen molar-refractivity contribution in [1.29, 1.82) is 0 Å². The lowest BCUT2D eigenvalue weighted by molar-refractivity contribution is 0.514. The van der Waals surface area contributed by atoms with Gasteiger partial charge in [0.1, 0.15) is 0 Å². The van der Waals surface area contributed by atoms with Crippen molar-refractivity contribution in [3.8, 4) is 0 Å². The van der Waals surface area contributed by atoms with E-state index < -0.39 is 0 Å². The molecule has 0 amide bonds. The number of benzene rings is 1. The van der Waals surface area contributed by atoms with Crippen LogP contribution in [0.1, 0.15) is 20.3 Å². The highest BCUT2D eigenvalue weighted by Crippen LogP contribution is 2.36. The van der Waals surface area contributed by atoms with Gasteiger partial charge < -0.3 is 10.6 Å². The van der Waals surface area contributed by atoms with Crippen LogP contribution in [0, 0.1) is 0 Å². The zero-order valence-corrected chi connectivity index (χ0v) is 10.2. The normalized spacial score (nSPS) is 22.7. The predicted molar refractivity (Wildman–Crippen MR) is 72.6 cm³/mol. The summed E-state index contributed by atoms with van der Waals surface area (Å²) in [6, 6.07) is 8.26. The fraction of sp³-hybridized carbons (Fsp3) is 0.357. The van der Waals surface area contributed by atoms with Gasteiger partial charge in [-0.3, -0.25) is 4.98 Å². The van der Waals surface area contributed by atoms with E-state index in [1.807, 2.05) is 12.3 Å². The first-order valence-corrected chi connectivity index (χ1v) is 6.12. The molecule has 1 aromatic carbocycles. The van der Waals surface area contributed by atoms with E-state index in [-0.39, 0.29) is 5.54 Å². The molecule has 3 rings (SSSR count). The molecule has 1 aliphatic rings. The number of nitrogens with zero attached hydrogens (tertiary/aromatic N) is 1. The molecule has 0 bridgehead atoms. The zero-order chi connectivity index (χ0) is 11.9. The second-order valence-electron chi connectivity index (χ2n) is 4.96. The summed E-state index contributed by atoms with van der Waals surface area (Å²) < 4.78 is 0. The van der Waals surface area contributed by atoms with Gasteiger partial charge in [0.25, 0.3) is 0 Å². The van der Waals surface area contributed by atoms with Crippen molar-refractivity contribution in [1.82, 2.24) is 4.98 Å². The van der Waals surface area contributed by atoms with Crippen molar-refractivity contribution >= 4 is 22.3 Å². The topological polar surface area (TPSA) is 37.0 Å². The Balaban J connectivity index is 2.19. The quantitative estimate of drug-likeness (QED) is 0.785. The van der Waals surface area contributed by atoms with E-state index in [0.29, 0.717) is 0 Å². The summed E-state index contributed by atoms with van der Waals surface area (Å²) in [6.45, 7) is 5.40. The van der Waals surface area contributed by atoms with E-state index in [0.717, 1.165) is 24.2 Å². The van der Waals surface area contributed by atoms with Crippen molar-refractivity contribution in [2.24, 2.45) is 0 Å². The Morgan fingerprint density at radius 2 is 2.18 bits per heavy atom. The molecule has 88 valence electrons. The van der Waals surface area contributed by atoms with Crippen LogP contribution in [0.15, 0.2) is 30.5 Å². The number of fused-ring (bicyclic) bond motifs is 3. The summed E-state index contributed by atoms with van der Waals surface area (Å²) in [7, 11) is 0. The lowest BCUT2D eigenvalue weighted by Crippen LogP contribution is -2.44. The first-order valence-electron chi connectivity index (χ1n) is 6.12. The zero-order valence-electron chi connectivity index (χ0n) is 10.2. The monoisotopic (exact) mass is 227 g/mol. The molecule has 0 aliphatic carbocycles. The fourth-order valence-electron chi connectivity index (χ4n) is 2.26. The minimum Gasteiger partial charge on any atom is -0.380 e. The summed E-state index contributed by atoms with van der Waals surface area (Å²) in [5.41, 5.74) is 3.46. The summed E-state index contributed by atoms with van der Waals surface area (Å²) in [6.07, 6.45) is 3.01. The molecule has 17 heavy (non-hydrogen) atoms. The second kappa shape index (κ2) is 3.62. The van der Waals surface area contributed by atoms with Crippen LogP contribution in [0.4, 0.5) is 11.4 Å². The van der Waals surface area contributed by atoms with Crippen LogP contribution in [-0.2, 0) is 0 Å². The van der Waals surface area contributed by atoms with Gasteiger partial charge in [0.15, 0.2) is 0 Å². The van der Waals surface area contributed by atoms with Crippen LogP contribution >= 0.6 is 0 Å². The Morgan fingerprint density at radius 1 is 1.35 bits per heavy atom. The van der Waals surface area contributed by atoms with E-state index in [2.05, 4.69) is 47.7 Å². The molecular formula is C14H17N3. The number of pyridine rings is 1. The molecular weight excluding hydrogens is 210 g/mol. The molecule has 1 aliphatic heterocycles. The van der Waals surface area contributed by atoms with Crippen LogP contribution in [0.2, 0.25) is 0 Å². The van der Waals surface area contributed by atoms with Crippen molar-refractivity contribution < 1.29 is 0 Å². The second-order valence-corrected chi connectivity index (χ2v) is 4.96. The van der Waals surface area contributed by atoms with E-state index in [4.69, 9.17) is 0 Å². The molecule has 1 atom stereocenters. The number of nitrogens with one attached hydrogen (secondary N) is 2. The number of aromatic nitrogens is 1. The Morgan fingerprint density at radius 3 is 3.00 bits per heavy atom. The van der Waals surface area contributed by atoms with Gasteiger partial charge in [-0.05, 0) is 19.4 Å². The number of anilines is 2. The SMILES string of the molecule is CCC1(C)CNc2cnc3ccccc3c2N1. The highest BCUT2D eigenvalue weighted by atomic mass is 15.1. The molecule has 3 nitrogen and oxygen atoms in total. The van der Waals surface area contributed by atoms with Crippen molar-refractivity contribution in [2.75, 3.05) is 17.2 Å². The smallest absolute Gasteiger partial charge is 0.0770 e. The van der Waals surface area contributed by atoms with Gasteiger partial charge >= 0.3 is 0 Å². The van der Waals surface area contributed by atoms with E-state index in [9.17, 15) is 0 Å². The highest BCUT2D eigenvalue weighted by molar-refractivity contribution is 5.98. The third kappa shape index (κ3) is 1.62. The summed E-state index contributed by atoms with van der Waals surface area (Å²) >= 11 is 0. The maximum Gasteiger partial charge on any atom is 0.0770 e. The Bertz CT molecular complexity index is 564. The van der Waals surface area contributed by atoms with Crippen molar-refractivity contribution in [3.63, 3.8) is 0 Å². The molecule has 1 unspecified atom stereocenters. The molecule has 2 aromatic rings. The first kappa shape index (κ1) is 10.4. The Labute approximate surface area is 101 Å². The minimum atomic E-state index is 0.122. The lowest BCUT2D eigenvalue weighted by atomic mass is 9.95. The van der Waals surface area contributed by atoms with Gasteiger partial charge in [-0.2, -0.15) is 0 Å². The van der Waals surface area contributed by atoms with Gasteiger partial charge in [0.05, 0.1) is 28.6 Å². The van der Waals surface area contributed by atoms with Crippen LogP contribution in [-0.4, -0.2) is 17.1 Å². The number of para-hydroxylation sites is 1. The van der Waals surface area contributed by atoms with E-state index >= 15 is 0 Å². The van der Waals surface area contributed by atoms with Gasteiger partial charge in [-0.1, -0.05) is 25.1 Å². The van der Waals surface area contributed by atoms with Gasteiger partial charge in [-0.25, -0.2) is 0 Å². The minimum absolute atomic E-state index is 0.122. The van der Waals surface area contributed by atoms with Crippen molar-refractivity contribution in [2.45, 2.75) is 25.8 Å². The lowest BCUT2D eigenvalue weighted by Gasteiger charge is -2.37. The van der Waals surface area contributed by atoms with Crippen LogP contribution in [0.5, 0.6) is 0 Å². The summed E-state index contributed by atoms with van der Waals surface area (Å²) in [4.78, 5) is 4.47. The average Bonchev–Trinajstić information content (AvgIpc) is 2.39. The molecule has 3 heteroatoms. The maximum atomic E-state index is 4.47. The average molecular weight is 227 g/mol. The summed E-state index contributed by atoms with van der Waals surface area (Å²) in [5.74, 6) is 0. The third-order valence-corrected chi connectivity index (χ3v) is 3.65. The summed E-state index contributed by atoms with van der Waals surface area (Å²) in [5, 5.41) is 8.33. The Kier molecular flexibility index (Phi) is 2.21. The standard InChI is InChI=1S/C14H17N3/c1-3-14(2)9-16-12-8-15-11-7-5-4-6-10(11)13(12)17-14/h4-8,16-17H,3,9H2,1-2H3. The molecule has 0 saturated carbocycles. The Hall–Kier alpha value is -1.77. The molecule has 0 saturated heterocycles. The maximum absolute atomic E-state index is 4.47. The van der Waals surface area contributed by atoms with E-state index in [1.54, 1.807) is 0 Å². The molecule has 0 fully saturated rings. The van der Waals surface area contributed by atoms with Gasteiger partial charge in [-0.15, -0.1) is 0 Å². The van der Waals surface area contributed by atoms with Gasteiger partial charge in [0, 0.05) is 11.9 Å². The predicted octanol–water partition coefficient (Wildman–Crippen LogP) is 3.24. The largest absolute Gasteiger partial charge is 0.380 e. The molecule has 2 N–H and O–H groups in total. The highest BCUT2D eigenvalue weighted by Gasteiger charge is 2.28. The van der Waals surface area contributed by atoms with E-state index in [1.165, 1.54) is 11.1 Å². The molecule has 0 radical (unpaired) electrons. The molecule has 2 heterocycles. The first-order chi connectivity index (χ1) is 8.22. The van der Waals surface area contributed by atoms with Crippen LogP contribution in [0.25, 0.3) is 10.9 Å². The molecule has 0 spiro atoms. The van der Waals surface area contributed by atoms with Crippen LogP contribution in [0.3, 0.4) is 0 Å². The molecule has 1 aromatic heterocycles.